The van der Waals surface area contributed by atoms with Gasteiger partial charge in [-0.05, 0) is 13.0 Å². The van der Waals surface area contributed by atoms with Crippen molar-refractivity contribution in [2.45, 2.75) is 6.92 Å². The van der Waals surface area contributed by atoms with Crippen molar-refractivity contribution in [1.82, 2.24) is 0 Å². The third kappa shape index (κ3) is 7.57. The van der Waals surface area contributed by atoms with Crippen LogP contribution in [0.25, 0.3) is 0 Å². The molecule has 0 saturated carbocycles. The van der Waals surface area contributed by atoms with E-state index in [1.165, 1.54) is 0 Å². The molecule has 0 aromatic carbocycles. The van der Waals surface area contributed by atoms with Crippen LogP contribution in [-0.4, -0.2) is 43.2 Å². The largest absolute Gasteiger partial charge is 0.478 e. The number of hydrogen-bond donors (Lipinski definition) is 1. The number of carboxylic acid groups (broad SMARTS) is 1. The van der Waals surface area contributed by atoms with E-state index >= 15 is 0 Å². The van der Waals surface area contributed by atoms with Crippen LogP contribution in [0.15, 0.2) is 11.6 Å². The van der Waals surface area contributed by atoms with Crippen LogP contribution in [0, 0.1) is 0 Å². The Kier molecular flexibility index (Phi) is 6.03. The van der Waals surface area contributed by atoms with E-state index in [2.05, 4.69) is 0 Å². The highest BCUT2D eigenvalue weighted by atomic mass is 35.5. The lowest BCUT2D eigenvalue weighted by molar-refractivity contribution is -0.864. The Morgan fingerprint density at radius 3 is 2.08 bits per heavy atom. The van der Waals surface area contributed by atoms with Gasteiger partial charge in [0.25, 0.3) is 0 Å². The summed E-state index contributed by atoms with van der Waals surface area (Å²) in [5.41, 5.74) is 0.415. The number of rotatable bonds is 3. The van der Waals surface area contributed by atoms with Crippen molar-refractivity contribution in [3.63, 3.8) is 0 Å². The maximum atomic E-state index is 10.3. The van der Waals surface area contributed by atoms with Crippen molar-refractivity contribution in [2.24, 2.45) is 0 Å². The van der Waals surface area contributed by atoms with Gasteiger partial charge in [-0.1, -0.05) is 0 Å². The van der Waals surface area contributed by atoms with Gasteiger partial charge in [0.15, 0.2) is 0 Å². The van der Waals surface area contributed by atoms with E-state index in [9.17, 15) is 4.79 Å². The van der Waals surface area contributed by atoms with Crippen LogP contribution < -0.4 is 0 Å². The lowest BCUT2D eigenvalue weighted by atomic mass is 10.3. The fourth-order valence-corrected chi connectivity index (χ4v) is 0.498. The molecule has 0 aromatic heterocycles. The Morgan fingerprint density at radius 1 is 1.42 bits per heavy atom. The zero-order valence-corrected chi connectivity index (χ0v) is 8.81. The third-order valence-corrected chi connectivity index (χ3v) is 1.28. The normalized spacial score (nSPS) is 12.2. The Hall–Kier alpha value is -0.540. The monoisotopic (exact) mass is 194 g/mol. The highest BCUT2D eigenvalue weighted by Gasteiger charge is 2.05. The molecule has 0 rings (SSSR count). The number of nitrogens with zero attached hydrogens (tertiary/aromatic N) is 1. The first-order valence-electron chi connectivity index (χ1n) is 3.53. The average molecular weight is 195 g/mol. The van der Waals surface area contributed by atoms with Crippen molar-refractivity contribution in [2.75, 3.05) is 27.7 Å². The van der Waals surface area contributed by atoms with Crippen molar-refractivity contribution >= 4 is 18.4 Å². The second kappa shape index (κ2) is 5.17. The Morgan fingerprint density at radius 2 is 1.83 bits per heavy atom. The molecule has 0 radical (unpaired) electrons. The van der Waals surface area contributed by atoms with E-state index in [-0.39, 0.29) is 12.4 Å². The predicted octanol–water partition coefficient (Wildman–Crippen LogP) is 1.15. The molecule has 0 bridgehead atoms. The smallest absolute Gasteiger partial charge is 0.331 e. The summed E-state index contributed by atoms with van der Waals surface area (Å²) in [6.07, 6.45) is 1.74. The maximum Gasteiger partial charge on any atom is 0.331 e. The van der Waals surface area contributed by atoms with Gasteiger partial charge < -0.3 is 9.59 Å². The molecule has 0 aliphatic heterocycles. The zero-order valence-electron chi connectivity index (χ0n) is 8.00. The highest BCUT2D eigenvalue weighted by Crippen LogP contribution is 1.96. The van der Waals surface area contributed by atoms with Crippen molar-refractivity contribution in [3.05, 3.63) is 11.6 Å². The number of likely N-dealkylation sites (N-methyl/N-ethyl adjacent to an activating group) is 1. The van der Waals surface area contributed by atoms with Crippen LogP contribution in [0.2, 0.25) is 0 Å². The van der Waals surface area contributed by atoms with Crippen LogP contribution in [0.3, 0.4) is 0 Å². The van der Waals surface area contributed by atoms with Gasteiger partial charge in [0, 0.05) is 5.57 Å². The molecule has 0 aromatic rings. The Bertz CT molecular complexity index is 182. The molecule has 0 aliphatic rings. The van der Waals surface area contributed by atoms with E-state index in [1.807, 2.05) is 21.1 Å². The summed E-state index contributed by atoms with van der Waals surface area (Å²) in [5.74, 6) is -0.835. The van der Waals surface area contributed by atoms with E-state index < -0.39 is 5.97 Å². The molecule has 0 amide bonds. The van der Waals surface area contributed by atoms with Crippen LogP contribution in [0.5, 0.6) is 0 Å². The van der Waals surface area contributed by atoms with Gasteiger partial charge in [-0.3, -0.25) is 0 Å². The number of aliphatic carboxylic acids is 1. The lowest BCUT2D eigenvalue weighted by Crippen LogP contribution is -2.34. The minimum absolute atomic E-state index is 0. The molecular formula is C8H17ClNO2+. The van der Waals surface area contributed by atoms with Crippen molar-refractivity contribution in [3.8, 4) is 0 Å². The molecule has 0 unspecified atom stereocenters. The fourth-order valence-electron chi connectivity index (χ4n) is 0.498. The lowest BCUT2D eigenvalue weighted by Gasteiger charge is -2.21. The molecular weight excluding hydrogens is 178 g/mol. The SMILES string of the molecule is CC(=CC[N+](C)(C)C)C(=O)O.Cl. The van der Waals surface area contributed by atoms with E-state index in [1.54, 1.807) is 13.0 Å². The number of hydrogen-bond acceptors (Lipinski definition) is 1. The van der Waals surface area contributed by atoms with Gasteiger partial charge in [-0.15, -0.1) is 12.4 Å². The van der Waals surface area contributed by atoms with Crippen molar-refractivity contribution in [1.29, 1.82) is 0 Å². The molecule has 0 atom stereocenters. The average Bonchev–Trinajstić information content (AvgIpc) is 1.80. The standard InChI is InChI=1S/C8H15NO2.ClH/c1-7(8(10)11)5-6-9(2,3)4;/h5H,6H2,1-4H3;1H/p+1. The van der Waals surface area contributed by atoms with Crippen molar-refractivity contribution < 1.29 is 14.4 Å². The number of halogens is 1. The van der Waals surface area contributed by atoms with Gasteiger partial charge in [-0.2, -0.15) is 0 Å². The van der Waals surface area contributed by atoms with Gasteiger partial charge in [0.05, 0.1) is 27.7 Å². The molecule has 0 saturated heterocycles. The Labute approximate surface area is 79.7 Å². The second-order valence-electron chi connectivity index (χ2n) is 3.67. The van der Waals surface area contributed by atoms with Crippen LogP contribution in [0.4, 0.5) is 0 Å². The minimum atomic E-state index is -0.835. The van der Waals surface area contributed by atoms with E-state index in [0.717, 1.165) is 11.0 Å². The van der Waals surface area contributed by atoms with Gasteiger partial charge >= 0.3 is 5.97 Å². The molecule has 0 spiro atoms. The zero-order chi connectivity index (χ0) is 9.07. The van der Waals surface area contributed by atoms with Gasteiger partial charge in [-0.25, -0.2) is 4.79 Å². The molecule has 0 aliphatic carbocycles. The first-order chi connectivity index (χ1) is 4.83. The Balaban J connectivity index is 0. The van der Waals surface area contributed by atoms with Gasteiger partial charge in [0.2, 0.25) is 0 Å². The quantitative estimate of drug-likeness (QED) is 0.541. The summed E-state index contributed by atoms with van der Waals surface area (Å²) >= 11 is 0. The molecule has 12 heavy (non-hydrogen) atoms. The molecule has 72 valence electrons. The first kappa shape index (κ1) is 14.0. The minimum Gasteiger partial charge on any atom is -0.478 e. The van der Waals surface area contributed by atoms with E-state index in [4.69, 9.17) is 5.11 Å². The summed E-state index contributed by atoms with van der Waals surface area (Å²) < 4.78 is 0.755. The number of carboxylic acids is 1. The summed E-state index contributed by atoms with van der Waals surface area (Å²) in [6, 6.07) is 0. The summed E-state index contributed by atoms with van der Waals surface area (Å²) in [5, 5.41) is 8.50. The summed E-state index contributed by atoms with van der Waals surface area (Å²) in [7, 11) is 6.06. The van der Waals surface area contributed by atoms with Crippen LogP contribution in [-0.2, 0) is 4.79 Å². The summed E-state index contributed by atoms with van der Waals surface area (Å²) in [6.45, 7) is 2.36. The predicted molar refractivity (Wildman–Crippen MR) is 51.5 cm³/mol. The second-order valence-corrected chi connectivity index (χ2v) is 3.67. The molecule has 1 N–H and O–H groups in total. The topological polar surface area (TPSA) is 37.3 Å². The summed E-state index contributed by atoms with van der Waals surface area (Å²) in [4.78, 5) is 10.3. The molecule has 3 nitrogen and oxygen atoms in total. The first-order valence-corrected chi connectivity index (χ1v) is 3.53. The highest BCUT2D eigenvalue weighted by molar-refractivity contribution is 5.85. The third-order valence-electron chi connectivity index (χ3n) is 1.28. The molecule has 0 heterocycles. The maximum absolute atomic E-state index is 10.3. The number of quaternary nitrogens is 1. The molecule has 0 fully saturated rings. The van der Waals surface area contributed by atoms with Crippen LogP contribution in [0.1, 0.15) is 6.92 Å². The van der Waals surface area contributed by atoms with Gasteiger partial charge in [0.1, 0.15) is 0 Å². The van der Waals surface area contributed by atoms with Crippen LogP contribution >= 0.6 is 12.4 Å². The fraction of sp³-hybridized carbons (Fsp3) is 0.625. The number of carbonyl (C=O) groups is 1. The molecule has 4 heteroatoms. The van der Waals surface area contributed by atoms with E-state index in [0.29, 0.717) is 5.57 Å².